The number of hydrogen-bond acceptors (Lipinski definition) is 8. The third-order valence-electron chi connectivity index (χ3n) is 23.0. The van der Waals surface area contributed by atoms with E-state index < -0.39 is 13.9 Å². The van der Waals surface area contributed by atoms with Gasteiger partial charge >= 0.3 is 7.82 Å². The molecule has 7 fully saturated rings. The van der Waals surface area contributed by atoms with Gasteiger partial charge in [-0.3, -0.25) is 13.6 Å². The Labute approximate surface area is 501 Å². The summed E-state index contributed by atoms with van der Waals surface area (Å²) in [5, 5.41) is 0. The maximum atomic E-state index is 15.5. The van der Waals surface area contributed by atoms with Gasteiger partial charge in [0.25, 0.3) is 0 Å². The summed E-state index contributed by atoms with van der Waals surface area (Å²) in [4.78, 5) is 0. The van der Waals surface area contributed by atoms with E-state index in [0.717, 1.165) is 99.2 Å². The first kappa shape index (κ1) is 68.4. The molecule has 2 saturated heterocycles. The normalized spacial score (nSPS) is 35.0. The van der Waals surface area contributed by atoms with Crippen LogP contribution in [0.2, 0.25) is 0 Å². The Morgan fingerprint density at radius 1 is 0.506 bits per heavy atom. The third kappa shape index (κ3) is 22.8. The summed E-state index contributed by atoms with van der Waals surface area (Å²) < 4.78 is 63.5. The summed E-state index contributed by atoms with van der Waals surface area (Å²) in [7, 11) is -4.06. The fourth-order valence-corrected chi connectivity index (χ4v) is 19.5. The van der Waals surface area contributed by atoms with Gasteiger partial charge in [-0.15, -0.1) is 0 Å². The minimum atomic E-state index is -4.06. The molecular weight excluding hydrogens is 1020 g/mol. The van der Waals surface area contributed by atoms with Crippen LogP contribution in [0.4, 0.5) is 0 Å². The maximum Gasteiger partial charge on any atom is 0.475 e. The lowest BCUT2D eigenvalue weighted by Crippen LogP contribution is -2.38. The fourth-order valence-electron chi connectivity index (χ4n) is 17.9. The summed E-state index contributed by atoms with van der Waals surface area (Å²) in [5.74, 6) is 6.78. The molecule has 0 aromatic heterocycles. The van der Waals surface area contributed by atoms with Gasteiger partial charge in [0.2, 0.25) is 0 Å². The van der Waals surface area contributed by atoms with Crippen molar-refractivity contribution in [3.63, 3.8) is 0 Å². The second-order valence-electron chi connectivity index (χ2n) is 29.5. The predicted octanol–water partition coefficient (Wildman–Crippen LogP) is 21.9. The van der Waals surface area contributed by atoms with Crippen LogP contribution in [0.5, 0.6) is 0 Å². The Hall–Kier alpha value is -0.0500. The quantitative estimate of drug-likeness (QED) is 0.0365. The number of unbranched alkanes of at least 4 members (excludes halogenated alkanes) is 6. The molecular formula is C72H133O8P. The molecule has 9 heteroatoms. The lowest BCUT2D eigenvalue weighted by molar-refractivity contribution is -0.0950. The first-order chi connectivity index (χ1) is 39.4. The monoisotopic (exact) mass is 1160 g/mol. The molecule has 0 spiro atoms. The van der Waals surface area contributed by atoms with Crippen molar-refractivity contribution in [2.75, 3.05) is 13.2 Å². The van der Waals surface area contributed by atoms with Crippen LogP contribution in [0.15, 0.2) is 0 Å². The standard InChI is InChI=1S/C72H133O8P/c1-9-14-17-25-48-72(8,47-12-4)63-44-41-61(60-34-24-23-29-57(32-27-35-60)51-58-30-26-31-58)42-46-66(52-63)78-68-49-55(6)77-71(68)54-75-81(73,79-65-37-21-18-19-22-38-65)80-69-50-56(7)76-70(69)53-74-64-39-28-36-62(43-45-64)67(40-20-15-10-2)59(13-5)33-16-11-3/h55-71H,9-54H2,1-8H3/t55-,56-,57?,59-,60?,61?,62?,63?,64?,66?,67?,68+,69+,70+,71+,72?,81?/m0/s1. The largest absolute Gasteiger partial charge is 0.475 e. The van der Waals surface area contributed by atoms with Gasteiger partial charge in [-0.05, 0) is 156 Å². The number of ether oxygens (including phenoxy) is 4. The SMILES string of the molecule is CCCCCCC(C)(CCC)C1CCC(C2CCCCC(CC3CCC3)CCC2)CCC(O[C@@H]2C[C@H](C)O[C@@H]2COP(=O)(OC2CCCCCC2)O[C@@H]2C[C@H](C)O[C@@H]2COC2CCCC(C(CCCCC)[C@@H](CC)CCCC)CC2)C1. The number of hydrogen-bond donors (Lipinski definition) is 0. The van der Waals surface area contributed by atoms with E-state index in [2.05, 4.69) is 55.4 Å². The van der Waals surface area contributed by atoms with Crippen LogP contribution < -0.4 is 0 Å². The first-order valence-electron chi connectivity index (χ1n) is 36.6. The Morgan fingerprint density at radius 2 is 1.11 bits per heavy atom. The van der Waals surface area contributed by atoms with E-state index in [1.807, 2.05) is 0 Å². The topological polar surface area (TPSA) is 81.7 Å². The van der Waals surface area contributed by atoms with E-state index in [1.54, 1.807) is 0 Å². The Kier molecular flexibility index (Phi) is 31.3. The molecule has 2 aliphatic heterocycles. The van der Waals surface area contributed by atoms with Crippen molar-refractivity contribution < 1.29 is 37.1 Å². The average molecular weight is 1160 g/mol. The van der Waals surface area contributed by atoms with Crippen molar-refractivity contribution in [1.82, 2.24) is 0 Å². The summed E-state index contributed by atoms with van der Waals surface area (Å²) in [5.41, 5.74) is 0.326. The summed E-state index contributed by atoms with van der Waals surface area (Å²) in [6.45, 7) is 19.5. The molecule has 7 rings (SSSR count). The van der Waals surface area contributed by atoms with Crippen LogP contribution in [0.3, 0.4) is 0 Å². The van der Waals surface area contributed by atoms with Crippen LogP contribution in [-0.4, -0.2) is 68.1 Å². The average Bonchev–Trinajstić information content (AvgIpc) is 3.76. The highest BCUT2D eigenvalue weighted by atomic mass is 31.2. The second-order valence-corrected chi connectivity index (χ2v) is 31.0. The maximum absolute atomic E-state index is 15.5. The molecule has 8 nitrogen and oxygen atoms in total. The van der Waals surface area contributed by atoms with E-state index in [0.29, 0.717) is 24.4 Å². The van der Waals surface area contributed by atoms with E-state index in [1.165, 1.54) is 218 Å². The van der Waals surface area contributed by atoms with Crippen molar-refractivity contribution in [3.8, 4) is 0 Å². The van der Waals surface area contributed by atoms with Crippen LogP contribution >= 0.6 is 7.82 Å². The molecule has 2 heterocycles. The molecule has 7 aliphatic rings. The highest BCUT2D eigenvalue weighted by Crippen LogP contribution is 2.56. The van der Waals surface area contributed by atoms with Crippen LogP contribution in [0.25, 0.3) is 0 Å². The highest BCUT2D eigenvalue weighted by Gasteiger charge is 2.46. The third-order valence-corrected chi connectivity index (χ3v) is 24.6. The molecule has 474 valence electrons. The Morgan fingerprint density at radius 3 is 1.83 bits per heavy atom. The molecule has 5 saturated carbocycles. The second kappa shape index (κ2) is 37.1. The van der Waals surface area contributed by atoms with Gasteiger partial charge in [-0.25, -0.2) is 4.57 Å². The van der Waals surface area contributed by atoms with Crippen molar-refractivity contribution >= 4 is 7.82 Å². The molecule has 0 amide bonds. The van der Waals surface area contributed by atoms with Gasteiger partial charge in [-0.1, -0.05) is 221 Å². The molecule has 5 aliphatic carbocycles. The van der Waals surface area contributed by atoms with Gasteiger partial charge < -0.3 is 18.9 Å². The zero-order valence-electron chi connectivity index (χ0n) is 54.6. The molecule has 0 radical (unpaired) electrons. The van der Waals surface area contributed by atoms with Crippen molar-refractivity contribution in [2.45, 2.75) is 393 Å². The highest BCUT2D eigenvalue weighted by molar-refractivity contribution is 7.48. The smallest absolute Gasteiger partial charge is 0.375 e. The Balaban J connectivity index is 1.01. The minimum Gasteiger partial charge on any atom is -0.375 e. The van der Waals surface area contributed by atoms with Gasteiger partial charge in [0.05, 0.1) is 49.8 Å². The van der Waals surface area contributed by atoms with E-state index >= 15 is 4.57 Å². The number of phosphoric ester groups is 1. The van der Waals surface area contributed by atoms with Crippen molar-refractivity contribution in [3.05, 3.63) is 0 Å². The zero-order valence-corrected chi connectivity index (χ0v) is 55.4. The van der Waals surface area contributed by atoms with Gasteiger partial charge in [0, 0.05) is 12.8 Å². The van der Waals surface area contributed by atoms with E-state index in [-0.39, 0.29) is 55.4 Å². The minimum absolute atomic E-state index is 0.0311. The van der Waals surface area contributed by atoms with E-state index in [9.17, 15) is 0 Å². The number of phosphoric acid groups is 1. The summed E-state index contributed by atoms with van der Waals surface area (Å²) >= 11 is 0. The molecule has 17 atom stereocenters. The lowest BCUT2D eigenvalue weighted by atomic mass is 9.64. The van der Waals surface area contributed by atoms with Crippen LogP contribution in [0.1, 0.15) is 338 Å². The molecule has 10 unspecified atom stereocenters. The molecule has 0 aromatic rings. The summed E-state index contributed by atoms with van der Waals surface area (Å²) in [6, 6.07) is 0. The fraction of sp³-hybridized carbons (Fsp3) is 1.00. The van der Waals surface area contributed by atoms with Gasteiger partial charge in [0.15, 0.2) is 0 Å². The molecule has 0 aromatic carbocycles. The van der Waals surface area contributed by atoms with Crippen LogP contribution in [-0.2, 0) is 37.1 Å². The lowest BCUT2D eigenvalue weighted by Gasteiger charge is -2.43. The number of rotatable bonds is 33. The molecule has 81 heavy (non-hydrogen) atoms. The zero-order chi connectivity index (χ0) is 57.3. The van der Waals surface area contributed by atoms with Crippen molar-refractivity contribution in [1.29, 1.82) is 0 Å². The van der Waals surface area contributed by atoms with E-state index in [4.69, 9.17) is 32.5 Å². The Bertz CT molecular complexity index is 1680. The van der Waals surface area contributed by atoms with Gasteiger partial charge in [0.1, 0.15) is 18.3 Å². The van der Waals surface area contributed by atoms with Gasteiger partial charge in [-0.2, -0.15) is 0 Å². The summed E-state index contributed by atoms with van der Waals surface area (Å²) in [6.07, 6.45) is 55.2. The predicted molar refractivity (Wildman–Crippen MR) is 338 cm³/mol. The molecule has 0 bridgehead atoms. The van der Waals surface area contributed by atoms with Crippen LogP contribution in [0, 0.1) is 52.8 Å². The van der Waals surface area contributed by atoms with Crippen molar-refractivity contribution in [2.24, 2.45) is 52.8 Å². The molecule has 0 N–H and O–H groups in total. The first-order valence-corrected chi connectivity index (χ1v) is 38.1.